The largest absolute Gasteiger partial charge is 0.457 e. The van der Waals surface area contributed by atoms with Crippen LogP contribution in [0.5, 0.6) is 0 Å². The van der Waals surface area contributed by atoms with Crippen molar-refractivity contribution in [2.45, 2.75) is 63.0 Å². The lowest BCUT2D eigenvalue weighted by Gasteiger charge is -2.64. The Bertz CT molecular complexity index is 1140. The Hall–Kier alpha value is -2.25. The number of fused-ring (bicyclic) bond motifs is 5. The van der Waals surface area contributed by atoms with Gasteiger partial charge in [0.15, 0.2) is 18.1 Å². The second kappa shape index (κ2) is 7.87. The highest BCUT2D eigenvalue weighted by atomic mass is 35.5. The van der Waals surface area contributed by atoms with Crippen molar-refractivity contribution >= 4 is 29.1 Å². The molecule has 0 aromatic carbocycles. The van der Waals surface area contributed by atoms with E-state index in [0.717, 1.165) is 5.57 Å². The van der Waals surface area contributed by atoms with Crippen LogP contribution in [-0.4, -0.2) is 45.9 Å². The van der Waals surface area contributed by atoms with Crippen molar-refractivity contribution in [3.63, 3.8) is 0 Å². The number of furan rings is 1. The number of hydrogen-bond acceptors (Lipinski definition) is 6. The fraction of sp³-hybridized carbons (Fsp3) is 0.593. The number of ether oxygens (including phenoxy) is 1. The highest BCUT2D eigenvalue weighted by Crippen LogP contribution is 2.72. The molecule has 4 aliphatic carbocycles. The van der Waals surface area contributed by atoms with E-state index in [1.807, 2.05) is 13.8 Å². The number of alkyl halides is 2. The molecule has 0 bridgehead atoms. The molecule has 8 atom stereocenters. The van der Waals surface area contributed by atoms with Gasteiger partial charge in [-0.2, -0.15) is 0 Å². The molecule has 6 nitrogen and oxygen atoms in total. The van der Waals surface area contributed by atoms with E-state index in [2.05, 4.69) is 0 Å². The van der Waals surface area contributed by atoms with Gasteiger partial charge in [-0.05, 0) is 61.8 Å². The predicted molar refractivity (Wildman–Crippen MR) is 125 cm³/mol. The van der Waals surface area contributed by atoms with Gasteiger partial charge in [0.05, 0.1) is 17.2 Å². The normalized spacial score (nSPS) is 44.2. The summed E-state index contributed by atoms with van der Waals surface area (Å²) in [5.41, 5.74) is -2.69. The molecule has 35 heavy (non-hydrogen) atoms. The van der Waals surface area contributed by atoms with E-state index >= 15 is 0 Å². The van der Waals surface area contributed by atoms with E-state index in [1.165, 1.54) is 24.5 Å². The molecule has 0 saturated heterocycles. The lowest BCUT2D eigenvalue weighted by Crippen LogP contribution is -2.69. The molecule has 188 valence electrons. The van der Waals surface area contributed by atoms with Gasteiger partial charge in [0.1, 0.15) is 0 Å². The van der Waals surface area contributed by atoms with Crippen LogP contribution in [0.3, 0.4) is 0 Å². The maximum atomic E-state index is 14.1. The zero-order chi connectivity index (χ0) is 25.4. The minimum Gasteiger partial charge on any atom is -0.457 e. The summed E-state index contributed by atoms with van der Waals surface area (Å²) in [5.74, 6) is -2.79. The molecule has 0 aliphatic heterocycles. The molecule has 3 fully saturated rings. The van der Waals surface area contributed by atoms with Crippen molar-refractivity contribution in [1.29, 1.82) is 0 Å². The number of aliphatic hydroxyl groups excluding tert-OH is 1. The molecule has 1 heterocycles. The van der Waals surface area contributed by atoms with Gasteiger partial charge in [0.25, 0.3) is 0 Å². The maximum Gasteiger partial charge on any atom is 0.375 e. The van der Waals surface area contributed by atoms with Crippen LogP contribution in [0.2, 0.25) is 0 Å². The Morgan fingerprint density at radius 3 is 2.71 bits per heavy atom. The number of allylic oxidation sites excluding steroid dienone is 4. The number of Topliss-reactive ketones (excluding diaryl/α,β-unsaturated/α-hetero) is 1. The lowest BCUT2D eigenvalue weighted by atomic mass is 9.45. The van der Waals surface area contributed by atoms with Crippen molar-refractivity contribution in [2.24, 2.45) is 28.6 Å². The number of halogens is 2. The Balaban J connectivity index is 1.61. The summed E-state index contributed by atoms with van der Waals surface area (Å²) in [6.07, 6.45) is 6.88. The molecule has 1 aromatic rings. The van der Waals surface area contributed by atoms with Crippen LogP contribution >= 0.6 is 11.6 Å². The highest BCUT2D eigenvalue weighted by Gasteiger charge is 2.76. The van der Waals surface area contributed by atoms with Crippen molar-refractivity contribution in [1.82, 2.24) is 0 Å². The van der Waals surface area contributed by atoms with Crippen molar-refractivity contribution in [3.8, 4) is 0 Å². The zero-order valence-corrected chi connectivity index (χ0v) is 20.8. The molecule has 8 heteroatoms. The standard InChI is InChI=1S/C27H30ClFO6/c1-15-11-19-18-7-6-16-12-17(30)8-9-24(16,2)26(18,28)21(31)13-25(19,3)27(15,22(32)14-29)35-23(33)20-5-4-10-34-20/h4-5,8-10,12,15,18-19,21,31H,6-7,11,13-14H2,1-3H3/t15-,18+,19+,21+,24+,25+,26+,27+/m1/s1. The third-order valence-electron chi connectivity index (χ3n) is 9.69. The molecule has 4 aliphatic rings. The fourth-order valence-electron chi connectivity index (χ4n) is 8.09. The Kier molecular flexibility index (Phi) is 5.50. The number of carbonyl (C=O) groups is 3. The summed E-state index contributed by atoms with van der Waals surface area (Å²) in [5, 5.41) is 11.7. The molecule has 0 radical (unpaired) electrons. The Morgan fingerprint density at radius 1 is 1.31 bits per heavy atom. The van der Waals surface area contributed by atoms with E-state index in [0.29, 0.717) is 19.3 Å². The topological polar surface area (TPSA) is 93.8 Å². The first-order valence-corrected chi connectivity index (χ1v) is 12.5. The summed E-state index contributed by atoms with van der Waals surface area (Å²) in [6, 6.07) is 2.97. The van der Waals surface area contributed by atoms with Crippen LogP contribution in [0.25, 0.3) is 0 Å². The van der Waals surface area contributed by atoms with Gasteiger partial charge >= 0.3 is 5.97 Å². The molecule has 0 spiro atoms. The first kappa shape index (κ1) is 24.4. The lowest BCUT2D eigenvalue weighted by molar-refractivity contribution is -0.179. The second-order valence-corrected chi connectivity index (χ2v) is 11.7. The number of ketones is 2. The van der Waals surface area contributed by atoms with Gasteiger partial charge in [-0.1, -0.05) is 32.4 Å². The van der Waals surface area contributed by atoms with Gasteiger partial charge < -0.3 is 14.3 Å². The zero-order valence-electron chi connectivity index (χ0n) is 20.1. The molecular formula is C27H30ClFO6. The number of carbonyl (C=O) groups excluding carboxylic acids is 3. The Morgan fingerprint density at radius 2 is 2.06 bits per heavy atom. The summed E-state index contributed by atoms with van der Waals surface area (Å²) >= 11 is 7.42. The molecule has 5 rings (SSSR count). The van der Waals surface area contributed by atoms with Gasteiger partial charge in [0, 0.05) is 16.7 Å². The molecule has 1 aromatic heterocycles. The fourth-order valence-corrected chi connectivity index (χ4v) is 8.61. The maximum absolute atomic E-state index is 14.1. The molecule has 3 saturated carbocycles. The molecular weight excluding hydrogens is 475 g/mol. The van der Waals surface area contributed by atoms with Crippen LogP contribution < -0.4 is 0 Å². The third-order valence-corrected chi connectivity index (χ3v) is 10.6. The summed E-state index contributed by atoms with van der Waals surface area (Å²) in [4.78, 5) is 37.3. The molecule has 0 amide bonds. The first-order chi connectivity index (χ1) is 16.5. The van der Waals surface area contributed by atoms with Crippen molar-refractivity contribution < 1.29 is 33.0 Å². The predicted octanol–water partition coefficient (Wildman–Crippen LogP) is 4.60. The second-order valence-electron chi connectivity index (χ2n) is 11.1. The quantitative estimate of drug-likeness (QED) is 0.476. The minimum atomic E-state index is -1.77. The number of aliphatic hydroxyl groups is 1. The van der Waals surface area contributed by atoms with Crippen LogP contribution in [0.1, 0.15) is 57.0 Å². The SMILES string of the molecule is C[C@@H]1C[C@H]2[C@@H]3CCC4=CC(=O)C=C[C@]4(C)[C@@]3(Cl)[C@@H](O)C[C@]2(C)[C@@]1(OC(=O)c1ccco1)C(=O)CF. The van der Waals surface area contributed by atoms with E-state index in [9.17, 15) is 23.9 Å². The van der Waals surface area contributed by atoms with E-state index in [4.69, 9.17) is 20.8 Å². The van der Waals surface area contributed by atoms with Gasteiger partial charge in [-0.25, -0.2) is 9.18 Å². The van der Waals surface area contributed by atoms with Crippen LogP contribution in [0.4, 0.5) is 4.39 Å². The average molecular weight is 505 g/mol. The number of rotatable bonds is 4. The van der Waals surface area contributed by atoms with Gasteiger partial charge in [-0.3, -0.25) is 9.59 Å². The minimum absolute atomic E-state index is 0.0455. The van der Waals surface area contributed by atoms with Crippen LogP contribution in [-0.2, 0) is 14.3 Å². The summed E-state index contributed by atoms with van der Waals surface area (Å²) in [6.45, 7) is 4.27. The summed E-state index contributed by atoms with van der Waals surface area (Å²) < 4.78 is 25.2. The van der Waals surface area contributed by atoms with Crippen molar-refractivity contribution in [3.05, 3.63) is 48.0 Å². The first-order valence-electron chi connectivity index (χ1n) is 12.1. The highest BCUT2D eigenvalue weighted by molar-refractivity contribution is 6.26. The average Bonchev–Trinajstić information content (AvgIpc) is 3.42. The Labute approximate surface area is 208 Å². The monoisotopic (exact) mass is 504 g/mol. The van der Waals surface area contributed by atoms with E-state index in [1.54, 1.807) is 19.1 Å². The summed E-state index contributed by atoms with van der Waals surface area (Å²) in [7, 11) is 0. The molecule has 1 N–H and O–H groups in total. The van der Waals surface area contributed by atoms with Crippen LogP contribution in [0.15, 0.2) is 46.6 Å². The number of hydrogen-bond donors (Lipinski definition) is 1. The van der Waals surface area contributed by atoms with E-state index in [-0.39, 0.29) is 29.8 Å². The van der Waals surface area contributed by atoms with Gasteiger partial charge in [0.2, 0.25) is 11.5 Å². The smallest absolute Gasteiger partial charge is 0.375 e. The van der Waals surface area contributed by atoms with Crippen LogP contribution in [0, 0.1) is 28.6 Å². The third kappa shape index (κ3) is 2.94. The van der Waals surface area contributed by atoms with Gasteiger partial charge in [-0.15, -0.1) is 11.6 Å². The molecule has 0 unspecified atom stereocenters. The van der Waals surface area contributed by atoms with Crippen molar-refractivity contribution in [2.75, 3.05) is 6.67 Å². The van der Waals surface area contributed by atoms with E-state index < -0.39 is 51.8 Å². The number of esters is 1.